The number of carbonyl (C=O) groups excluding carboxylic acids is 4. The molecule has 5 aliphatic carbocycles. The highest BCUT2D eigenvalue weighted by molar-refractivity contribution is 7.99. The molecule has 1 aromatic carbocycles. The van der Waals surface area contributed by atoms with Gasteiger partial charge in [0.2, 0.25) is 5.78 Å². The van der Waals surface area contributed by atoms with Gasteiger partial charge in [-0.3, -0.25) is 24.1 Å². The summed E-state index contributed by atoms with van der Waals surface area (Å²) in [5.41, 5.74) is 1.89. The summed E-state index contributed by atoms with van der Waals surface area (Å²) in [4.78, 5) is 56.4. The zero-order valence-corrected chi connectivity index (χ0v) is 26.9. The van der Waals surface area contributed by atoms with E-state index >= 15 is 0 Å². The Balaban J connectivity index is 1.59. The topological polar surface area (TPSA) is 188 Å². The third kappa shape index (κ3) is 5.04. The van der Waals surface area contributed by atoms with Gasteiger partial charge in [0.1, 0.15) is 28.9 Å². The molecule has 0 aromatic heterocycles. The molecule has 6 N–H and O–H groups in total. The predicted octanol–water partition coefficient (Wildman–Crippen LogP) is 3.28. The van der Waals surface area contributed by atoms with Crippen LogP contribution in [-0.2, 0) is 23.9 Å². The number of benzene rings is 1. The number of rotatable bonds is 7. The van der Waals surface area contributed by atoms with E-state index in [0.29, 0.717) is 29.4 Å². The summed E-state index contributed by atoms with van der Waals surface area (Å²) in [5.74, 6) is -9.19. The van der Waals surface area contributed by atoms with E-state index in [1.54, 1.807) is 23.9 Å². The van der Waals surface area contributed by atoms with E-state index < -0.39 is 82.0 Å². The number of ketones is 2. The fourth-order valence-electron chi connectivity index (χ4n) is 8.57. The second-order valence-corrected chi connectivity index (χ2v) is 14.9. The maximum absolute atomic E-state index is 14.7. The summed E-state index contributed by atoms with van der Waals surface area (Å²) >= 11 is 1.71. The molecule has 1 aromatic rings. The van der Waals surface area contributed by atoms with E-state index in [0.717, 1.165) is 44.9 Å². The number of hydrogen-bond donors (Lipinski definition) is 5. The molecule has 0 heterocycles. The van der Waals surface area contributed by atoms with Crippen molar-refractivity contribution < 1.29 is 44.3 Å². The first-order valence-electron chi connectivity index (χ1n) is 16.2. The molecule has 12 heteroatoms. The highest BCUT2D eigenvalue weighted by Crippen LogP contribution is 2.58. The van der Waals surface area contributed by atoms with Crippen molar-refractivity contribution in [3.8, 4) is 5.75 Å². The van der Waals surface area contributed by atoms with Gasteiger partial charge < -0.3 is 30.9 Å². The Morgan fingerprint density at radius 3 is 2.30 bits per heavy atom. The van der Waals surface area contributed by atoms with Gasteiger partial charge in [0.15, 0.2) is 11.4 Å². The molecule has 5 aliphatic rings. The van der Waals surface area contributed by atoms with Gasteiger partial charge in [-0.15, -0.1) is 0 Å². The Kier molecular flexibility index (Phi) is 8.75. The van der Waals surface area contributed by atoms with Crippen LogP contribution in [-0.4, -0.2) is 91.6 Å². The van der Waals surface area contributed by atoms with Crippen molar-refractivity contribution in [3.05, 3.63) is 46.2 Å². The monoisotopic (exact) mass is 654 g/mol. The Morgan fingerprint density at radius 1 is 1.02 bits per heavy atom. The Hall–Kier alpha value is -3.35. The highest BCUT2D eigenvalue weighted by Gasteiger charge is 2.70. The van der Waals surface area contributed by atoms with Crippen LogP contribution in [0.5, 0.6) is 5.75 Å². The number of nitrogens with zero attached hydrogens (tertiary/aromatic N) is 1. The first-order chi connectivity index (χ1) is 21.9. The number of Topliss-reactive ketones (excluding diaryl/α,β-unsaturated/α-hetero) is 2. The number of phenols is 1. The molecular formula is C34H42N2O9S. The predicted molar refractivity (Wildman–Crippen MR) is 170 cm³/mol. The minimum absolute atomic E-state index is 0.0215. The molecule has 6 atom stereocenters. The third-order valence-electron chi connectivity index (χ3n) is 10.8. The van der Waals surface area contributed by atoms with Crippen LogP contribution in [0.3, 0.4) is 0 Å². The molecule has 3 saturated carbocycles. The molecule has 248 valence electrons. The van der Waals surface area contributed by atoms with Gasteiger partial charge >= 0.3 is 5.97 Å². The molecule has 0 saturated heterocycles. The fourth-order valence-corrected chi connectivity index (χ4v) is 10.1. The Bertz CT molecular complexity index is 1520. The standard InChI is InChI=1S/C34H42N2O9S/c1-36(2)26-25-29(45-33(43)16-9-4-3-5-10-16)22-19(15-46-17-11-6-7-12-17)18-13-8-14-20(37)21(18)27(38)23(22)30(40)34(25,44)31(41)24(28(26)39)32(35)42/h8,13-14,16-17,19,22,25-26,29,37-38,41,44H,3-7,9-12,15H2,1-2H3,(H2,35,42)/t19-,22+,25+,26-,29-,34-/m0/s1. The van der Waals surface area contributed by atoms with Gasteiger partial charge in [0.25, 0.3) is 5.91 Å². The SMILES string of the molecule is CN(C)[C@@H]1C(=O)C(C(N)=O)=C(O)[C@@]2(O)C(=O)C3=C(O)c4c(O)cccc4[C@H](CSC4CCCC4)[C@H]3[C@H](OC(=O)C3CCCCC3)[C@@H]12. The van der Waals surface area contributed by atoms with Crippen LogP contribution in [0.1, 0.15) is 74.8 Å². The van der Waals surface area contributed by atoms with Crippen molar-refractivity contribution in [1.29, 1.82) is 0 Å². The second kappa shape index (κ2) is 12.4. The molecular weight excluding hydrogens is 612 g/mol. The fraction of sp³-hybridized carbons (Fsp3) is 0.588. The summed E-state index contributed by atoms with van der Waals surface area (Å²) < 4.78 is 6.35. The number of thioether (sulfide) groups is 1. The molecule has 0 aliphatic heterocycles. The lowest BCUT2D eigenvalue weighted by atomic mass is 9.54. The molecule has 0 radical (unpaired) electrons. The lowest BCUT2D eigenvalue weighted by molar-refractivity contribution is -0.188. The van der Waals surface area contributed by atoms with Crippen molar-refractivity contribution in [2.75, 3.05) is 19.8 Å². The van der Waals surface area contributed by atoms with Crippen LogP contribution in [0.15, 0.2) is 35.1 Å². The van der Waals surface area contributed by atoms with Crippen molar-refractivity contribution >= 4 is 41.0 Å². The number of esters is 1. The molecule has 1 amide bonds. The van der Waals surface area contributed by atoms with E-state index in [-0.39, 0.29) is 16.9 Å². The summed E-state index contributed by atoms with van der Waals surface area (Å²) in [6.07, 6.45) is 6.73. The number of primary amides is 1. The third-order valence-corrected chi connectivity index (χ3v) is 12.3. The van der Waals surface area contributed by atoms with Crippen LogP contribution in [0.4, 0.5) is 0 Å². The lowest BCUT2D eigenvalue weighted by Crippen LogP contribution is -2.71. The first-order valence-corrected chi connectivity index (χ1v) is 17.2. The maximum atomic E-state index is 14.7. The van der Waals surface area contributed by atoms with Gasteiger partial charge in [-0.1, -0.05) is 44.2 Å². The molecule has 0 unspecified atom stereocenters. The zero-order valence-electron chi connectivity index (χ0n) is 26.1. The minimum Gasteiger partial charge on any atom is -0.508 e. The number of fused-ring (bicyclic) bond motifs is 3. The van der Waals surface area contributed by atoms with Crippen LogP contribution < -0.4 is 5.73 Å². The molecule has 0 bridgehead atoms. The summed E-state index contributed by atoms with van der Waals surface area (Å²) in [6.45, 7) is 0. The van der Waals surface area contributed by atoms with Crippen LogP contribution in [0.25, 0.3) is 5.76 Å². The smallest absolute Gasteiger partial charge is 0.309 e. The van der Waals surface area contributed by atoms with Crippen molar-refractivity contribution in [1.82, 2.24) is 4.90 Å². The van der Waals surface area contributed by atoms with Gasteiger partial charge in [-0.2, -0.15) is 11.8 Å². The highest BCUT2D eigenvalue weighted by atomic mass is 32.2. The zero-order chi connectivity index (χ0) is 33.1. The molecule has 46 heavy (non-hydrogen) atoms. The maximum Gasteiger partial charge on any atom is 0.309 e. The van der Waals surface area contributed by atoms with Gasteiger partial charge in [-0.05, 0) is 51.4 Å². The van der Waals surface area contributed by atoms with Crippen LogP contribution in [0.2, 0.25) is 0 Å². The number of aliphatic hydroxyl groups excluding tert-OH is 2. The van der Waals surface area contributed by atoms with Crippen molar-refractivity contribution in [2.45, 2.75) is 86.7 Å². The lowest BCUT2D eigenvalue weighted by Gasteiger charge is -2.55. The molecule has 11 nitrogen and oxygen atoms in total. The van der Waals surface area contributed by atoms with E-state index in [1.165, 1.54) is 25.1 Å². The summed E-state index contributed by atoms with van der Waals surface area (Å²) in [7, 11) is 3.05. The summed E-state index contributed by atoms with van der Waals surface area (Å²) in [5, 5.41) is 46.9. The number of amides is 1. The number of hydrogen-bond acceptors (Lipinski definition) is 11. The second-order valence-electron chi connectivity index (χ2n) is 13.6. The average molecular weight is 655 g/mol. The molecule has 3 fully saturated rings. The number of likely N-dealkylation sites (N-methyl/N-ethyl adjacent to an activating group) is 1. The number of ether oxygens (including phenoxy) is 1. The first kappa shape index (κ1) is 32.6. The van der Waals surface area contributed by atoms with Gasteiger partial charge in [0.05, 0.1) is 23.4 Å². The van der Waals surface area contributed by atoms with E-state index in [2.05, 4.69) is 0 Å². The quantitative estimate of drug-likeness (QED) is 0.214. The van der Waals surface area contributed by atoms with Gasteiger partial charge in [0, 0.05) is 28.4 Å². The van der Waals surface area contributed by atoms with Crippen LogP contribution in [0, 0.1) is 17.8 Å². The molecule has 0 spiro atoms. The van der Waals surface area contributed by atoms with E-state index in [4.69, 9.17) is 10.5 Å². The van der Waals surface area contributed by atoms with Crippen LogP contribution >= 0.6 is 11.8 Å². The van der Waals surface area contributed by atoms with E-state index in [9.17, 15) is 39.6 Å². The van der Waals surface area contributed by atoms with Gasteiger partial charge in [-0.25, -0.2) is 0 Å². The average Bonchev–Trinajstić information content (AvgIpc) is 3.54. The number of phenolic OH excluding ortho intramolecular Hbond substituents is 1. The number of nitrogens with two attached hydrogens (primary N) is 1. The van der Waals surface area contributed by atoms with Crippen molar-refractivity contribution in [2.24, 2.45) is 23.5 Å². The number of aliphatic hydroxyl groups is 3. The number of aromatic hydroxyl groups is 1. The minimum atomic E-state index is -2.95. The largest absolute Gasteiger partial charge is 0.508 e. The number of carbonyl (C=O) groups is 4. The normalized spacial score (nSPS) is 32.0. The van der Waals surface area contributed by atoms with E-state index in [1.807, 2.05) is 0 Å². The molecule has 6 rings (SSSR count). The Morgan fingerprint density at radius 2 is 1.67 bits per heavy atom. The van der Waals surface area contributed by atoms with Crippen molar-refractivity contribution in [3.63, 3.8) is 0 Å². The summed E-state index contributed by atoms with van der Waals surface area (Å²) in [6, 6.07) is 3.39. The Labute approximate surface area is 271 Å².